The minimum Gasteiger partial charge on any atom is -0.507 e. The summed E-state index contributed by atoms with van der Waals surface area (Å²) in [6, 6.07) is 12.0. The van der Waals surface area contributed by atoms with E-state index in [0.717, 1.165) is 18.4 Å². The lowest BCUT2D eigenvalue weighted by Crippen LogP contribution is -2.72. The van der Waals surface area contributed by atoms with Crippen molar-refractivity contribution in [2.75, 3.05) is 0 Å². The first-order valence-electron chi connectivity index (χ1n) is 12.5. The highest BCUT2D eigenvalue weighted by Gasteiger charge is 2.69. The summed E-state index contributed by atoms with van der Waals surface area (Å²) in [5.74, 6) is -12.7. The minimum atomic E-state index is -2.96. The van der Waals surface area contributed by atoms with Gasteiger partial charge in [0.1, 0.15) is 5.75 Å². The molecule has 0 spiro atoms. The molecule has 3 aliphatic carbocycles. The van der Waals surface area contributed by atoms with Crippen molar-refractivity contribution < 1.29 is 39.3 Å². The average Bonchev–Trinajstić information content (AvgIpc) is 2.87. The predicted octanol–water partition coefficient (Wildman–Crippen LogP) is 1.25. The quantitative estimate of drug-likeness (QED) is 0.439. The number of hydrogen-bond acceptors (Lipinski definition) is 8. The summed E-state index contributed by atoms with van der Waals surface area (Å²) < 4.78 is 0. The maximum atomic E-state index is 13.8. The molecule has 9 heteroatoms. The number of rotatable bonds is 4. The first kappa shape index (κ1) is 25.7. The lowest BCUT2D eigenvalue weighted by molar-refractivity contribution is -0.185. The molecule has 1 amide bonds. The van der Waals surface area contributed by atoms with E-state index in [2.05, 4.69) is 6.92 Å². The highest BCUT2D eigenvalue weighted by molar-refractivity contribution is 6.32. The number of Topliss-reactive ketones (excluding diaryl/α,β-unsaturated/α-hetero) is 4. The van der Waals surface area contributed by atoms with Crippen LogP contribution in [0.4, 0.5) is 0 Å². The van der Waals surface area contributed by atoms with Gasteiger partial charge in [0.15, 0.2) is 34.7 Å². The molecule has 0 radical (unpaired) electrons. The molecule has 2 unspecified atom stereocenters. The Labute approximate surface area is 218 Å². The number of carbonyl (C=O) groups is 5. The molecule has 0 saturated heterocycles. The summed E-state index contributed by atoms with van der Waals surface area (Å²) in [6.07, 6.45) is 1.22. The van der Waals surface area contributed by atoms with Crippen molar-refractivity contribution in [3.8, 4) is 5.75 Å². The van der Waals surface area contributed by atoms with Crippen molar-refractivity contribution in [2.45, 2.75) is 37.9 Å². The van der Waals surface area contributed by atoms with Crippen LogP contribution in [-0.2, 0) is 25.6 Å². The summed E-state index contributed by atoms with van der Waals surface area (Å²) in [4.78, 5) is 65.1. The Hall–Kier alpha value is -3.95. The molecule has 5 N–H and O–H groups in total. The van der Waals surface area contributed by atoms with Gasteiger partial charge in [0, 0.05) is 18.3 Å². The zero-order chi connectivity index (χ0) is 27.5. The number of aliphatic hydroxyl groups excluding tert-OH is 1. The van der Waals surface area contributed by atoms with E-state index in [1.165, 1.54) is 12.1 Å². The summed E-state index contributed by atoms with van der Waals surface area (Å²) in [5.41, 5.74) is 4.55. The molecule has 0 aliphatic heterocycles. The third-order valence-electron chi connectivity index (χ3n) is 8.08. The van der Waals surface area contributed by atoms with E-state index in [1.54, 1.807) is 12.1 Å². The molecular weight excluding hydrogens is 490 g/mol. The normalized spacial score (nSPS) is 31.6. The standard InChI is InChI=1S/C29H27NO8/c1-2-4-13-7-9-14(10-8-13)11-16-15-5-3-6-18(31)20(15)25(34)23-21(16)24(33)17-12-19(32)22(28(30)37)26(35)29(17,38)27(23)36/h3,5-11,17,21-24,31,33,38H,2,4,12H2,1H3,(H2,30,37)/t17-,21-,22?,23?,24-,29-/m1/s1. The van der Waals surface area contributed by atoms with E-state index in [9.17, 15) is 39.3 Å². The number of carbonyl (C=O) groups excluding carboxylic acids is 5. The van der Waals surface area contributed by atoms with Gasteiger partial charge in [-0.05, 0) is 34.8 Å². The molecule has 2 saturated carbocycles. The van der Waals surface area contributed by atoms with Crippen molar-refractivity contribution in [1.29, 1.82) is 0 Å². The van der Waals surface area contributed by atoms with Crippen LogP contribution in [0, 0.1) is 23.7 Å². The fourth-order valence-corrected chi connectivity index (χ4v) is 6.28. The third-order valence-corrected chi connectivity index (χ3v) is 8.08. The number of primary amides is 1. The van der Waals surface area contributed by atoms with Crippen molar-refractivity contribution >= 4 is 40.7 Å². The van der Waals surface area contributed by atoms with Crippen LogP contribution in [0.2, 0.25) is 0 Å². The number of phenolic OH excluding ortho intramolecular Hbond substituents is 1. The third kappa shape index (κ3) is 3.57. The van der Waals surface area contributed by atoms with Crippen LogP contribution < -0.4 is 5.73 Å². The maximum Gasteiger partial charge on any atom is 0.235 e. The van der Waals surface area contributed by atoms with E-state index < -0.39 is 76.6 Å². The van der Waals surface area contributed by atoms with Gasteiger partial charge in [-0.3, -0.25) is 24.0 Å². The maximum absolute atomic E-state index is 13.8. The molecule has 5 rings (SSSR count). The van der Waals surface area contributed by atoms with Gasteiger partial charge in [-0.15, -0.1) is 0 Å². The van der Waals surface area contributed by atoms with E-state index in [0.29, 0.717) is 16.7 Å². The molecule has 2 fully saturated rings. The van der Waals surface area contributed by atoms with Crippen LogP contribution in [0.15, 0.2) is 42.5 Å². The van der Waals surface area contributed by atoms with Crippen molar-refractivity contribution in [3.63, 3.8) is 0 Å². The molecule has 0 aromatic heterocycles. The van der Waals surface area contributed by atoms with Crippen LogP contribution in [0.3, 0.4) is 0 Å². The van der Waals surface area contributed by atoms with E-state index in [-0.39, 0.29) is 5.56 Å². The molecular formula is C29H27NO8. The first-order chi connectivity index (χ1) is 18.0. The smallest absolute Gasteiger partial charge is 0.235 e. The number of hydrogen-bond donors (Lipinski definition) is 4. The SMILES string of the molecule is CCCc1ccc(C=C2c3cccc(O)c3C(=O)C3C(=O)[C@]4(O)C(=O)C(C(N)=O)C(=O)C[C@@H]4[C@@H](O)[C@H]23)cc1. The first-order valence-corrected chi connectivity index (χ1v) is 12.5. The van der Waals surface area contributed by atoms with Gasteiger partial charge in [0.2, 0.25) is 5.91 Å². The Morgan fingerprint density at radius 2 is 1.76 bits per heavy atom. The van der Waals surface area contributed by atoms with Crippen LogP contribution >= 0.6 is 0 Å². The molecule has 3 aliphatic rings. The molecule has 6 atom stereocenters. The number of aryl methyl sites for hydroxylation is 1. The molecule has 0 bridgehead atoms. The molecule has 196 valence electrons. The number of phenols is 1. The molecule has 38 heavy (non-hydrogen) atoms. The Kier molecular flexibility index (Phi) is 6.16. The number of fused-ring (bicyclic) bond motifs is 3. The van der Waals surface area contributed by atoms with Gasteiger partial charge in [-0.2, -0.15) is 0 Å². The van der Waals surface area contributed by atoms with E-state index in [1.807, 2.05) is 24.3 Å². The zero-order valence-corrected chi connectivity index (χ0v) is 20.6. The topological polar surface area (TPSA) is 172 Å². The summed E-state index contributed by atoms with van der Waals surface area (Å²) in [5, 5.41) is 33.5. The fourth-order valence-electron chi connectivity index (χ4n) is 6.28. The Morgan fingerprint density at radius 1 is 1.08 bits per heavy atom. The molecule has 2 aromatic rings. The van der Waals surface area contributed by atoms with Crippen molar-refractivity contribution in [1.82, 2.24) is 0 Å². The van der Waals surface area contributed by atoms with E-state index >= 15 is 0 Å². The van der Waals surface area contributed by atoms with Crippen LogP contribution in [-0.4, -0.2) is 56.1 Å². The van der Waals surface area contributed by atoms with Gasteiger partial charge in [0.25, 0.3) is 0 Å². The second-order valence-electron chi connectivity index (χ2n) is 10.3. The Balaban J connectivity index is 1.70. The van der Waals surface area contributed by atoms with E-state index in [4.69, 9.17) is 5.73 Å². The fraction of sp³-hybridized carbons (Fsp3) is 0.345. The van der Waals surface area contributed by atoms with Crippen LogP contribution in [0.5, 0.6) is 5.75 Å². The number of amides is 1. The Morgan fingerprint density at radius 3 is 2.39 bits per heavy atom. The lowest BCUT2D eigenvalue weighted by atomic mass is 9.51. The number of benzene rings is 2. The second-order valence-corrected chi connectivity index (χ2v) is 10.3. The number of ketones is 4. The van der Waals surface area contributed by atoms with Gasteiger partial charge in [-0.1, -0.05) is 55.8 Å². The summed E-state index contributed by atoms with van der Waals surface area (Å²) in [6.45, 7) is 2.06. The van der Waals surface area contributed by atoms with Crippen molar-refractivity contribution in [3.05, 3.63) is 64.7 Å². The van der Waals surface area contributed by atoms with Gasteiger partial charge in [0.05, 0.1) is 17.6 Å². The largest absolute Gasteiger partial charge is 0.507 e. The van der Waals surface area contributed by atoms with Crippen molar-refractivity contribution in [2.24, 2.45) is 29.4 Å². The average molecular weight is 518 g/mol. The minimum absolute atomic E-state index is 0.170. The zero-order valence-electron chi connectivity index (χ0n) is 20.6. The predicted molar refractivity (Wildman–Crippen MR) is 134 cm³/mol. The monoisotopic (exact) mass is 517 g/mol. The number of aromatic hydroxyl groups is 1. The van der Waals surface area contributed by atoms with Gasteiger partial charge >= 0.3 is 0 Å². The Bertz CT molecular complexity index is 1420. The summed E-state index contributed by atoms with van der Waals surface area (Å²) >= 11 is 0. The molecule has 2 aromatic carbocycles. The van der Waals surface area contributed by atoms with Gasteiger partial charge < -0.3 is 21.1 Å². The highest BCUT2D eigenvalue weighted by Crippen LogP contribution is 2.54. The van der Waals surface area contributed by atoms with Crippen LogP contribution in [0.25, 0.3) is 11.6 Å². The lowest BCUT2D eigenvalue weighted by Gasteiger charge is -2.51. The van der Waals surface area contributed by atoms with Crippen LogP contribution in [0.1, 0.15) is 46.8 Å². The van der Waals surface area contributed by atoms with Gasteiger partial charge in [-0.25, -0.2) is 0 Å². The number of nitrogens with two attached hydrogens (primary N) is 1. The number of aliphatic hydroxyl groups is 2. The molecule has 0 heterocycles. The highest BCUT2D eigenvalue weighted by atomic mass is 16.3. The molecule has 9 nitrogen and oxygen atoms in total. The second kappa shape index (κ2) is 9.11. The summed E-state index contributed by atoms with van der Waals surface area (Å²) in [7, 11) is 0.